The number of nitrogens with one attached hydrogen (secondary N) is 1. The van der Waals surface area contributed by atoms with Gasteiger partial charge in [-0.1, -0.05) is 19.3 Å². The first-order valence-electron chi connectivity index (χ1n) is 7.88. The second-order valence-electron chi connectivity index (χ2n) is 6.13. The molecule has 2 fully saturated rings. The van der Waals surface area contributed by atoms with Crippen LogP contribution >= 0.6 is 24.0 Å². The third kappa shape index (κ3) is 6.16. The average Bonchev–Trinajstić information content (AvgIpc) is 3.19. The first-order chi connectivity index (χ1) is 9.24. The summed E-state index contributed by atoms with van der Waals surface area (Å²) in [6.45, 7) is 4.59. The summed E-state index contributed by atoms with van der Waals surface area (Å²) < 4.78 is 5.44. The molecule has 2 rings (SSSR count). The Morgan fingerprint density at radius 1 is 1.30 bits per heavy atom. The van der Waals surface area contributed by atoms with Crippen LogP contribution in [0.5, 0.6) is 0 Å². The summed E-state index contributed by atoms with van der Waals surface area (Å²) in [5, 5.41) is 3.38. The minimum atomic E-state index is 0. The van der Waals surface area contributed by atoms with Crippen LogP contribution in [0.1, 0.15) is 58.3 Å². The third-order valence-electron chi connectivity index (χ3n) is 4.48. The first kappa shape index (κ1) is 18.0. The smallest absolute Gasteiger partial charge is 0.188 e. The Morgan fingerprint density at radius 2 is 2.00 bits per heavy atom. The Labute approximate surface area is 140 Å². The van der Waals surface area contributed by atoms with E-state index in [4.69, 9.17) is 10.5 Å². The van der Waals surface area contributed by atoms with Gasteiger partial charge in [-0.15, -0.1) is 24.0 Å². The van der Waals surface area contributed by atoms with Gasteiger partial charge in [0.2, 0.25) is 0 Å². The lowest BCUT2D eigenvalue weighted by molar-refractivity contribution is 0.129. The van der Waals surface area contributed by atoms with Crippen LogP contribution in [0, 0.1) is 5.41 Å². The molecule has 118 valence electrons. The summed E-state index contributed by atoms with van der Waals surface area (Å²) in [6, 6.07) is 0.552. The highest BCUT2D eigenvalue weighted by atomic mass is 127. The Hall–Kier alpha value is -0.0400. The number of ether oxygens (including phenoxy) is 1. The van der Waals surface area contributed by atoms with Crippen molar-refractivity contribution in [2.24, 2.45) is 16.1 Å². The van der Waals surface area contributed by atoms with Crippen molar-refractivity contribution >= 4 is 29.9 Å². The van der Waals surface area contributed by atoms with Crippen LogP contribution in [0.15, 0.2) is 4.99 Å². The largest absolute Gasteiger partial charge is 0.382 e. The molecule has 5 heteroatoms. The Kier molecular flexibility index (Phi) is 8.17. The van der Waals surface area contributed by atoms with Crippen LogP contribution in [0.25, 0.3) is 0 Å². The van der Waals surface area contributed by atoms with E-state index in [9.17, 15) is 0 Å². The molecule has 3 N–H and O–H groups in total. The van der Waals surface area contributed by atoms with E-state index in [0.29, 0.717) is 17.4 Å². The fraction of sp³-hybridized carbons (Fsp3) is 0.933. The monoisotopic (exact) mass is 395 g/mol. The van der Waals surface area contributed by atoms with E-state index in [-0.39, 0.29) is 24.0 Å². The van der Waals surface area contributed by atoms with Gasteiger partial charge in [0.1, 0.15) is 0 Å². The Balaban J connectivity index is 0.00000200. The molecule has 4 nitrogen and oxygen atoms in total. The van der Waals surface area contributed by atoms with E-state index in [1.807, 2.05) is 6.92 Å². The van der Waals surface area contributed by atoms with Crippen molar-refractivity contribution in [2.45, 2.75) is 64.3 Å². The van der Waals surface area contributed by atoms with Crippen LogP contribution in [-0.4, -0.2) is 31.8 Å². The minimum Gasteiger partial charge on any atom is -0.382 e. The number of nitrogens with zero attached hydrogens (tertiary/aromatic N) is 1. The van der Waals surface area contributed by atoms with Gasteiger partial charge in [-0.3, -0.25) is 4.99 Å². The summed E-state index contributed by atoms with van der Waals surface area (Å²) >= 11 is 0. The molecule has 0 aromatic rings. The minimum absolute atomic E-state index is 0. The molecule has 0 bridgehead atoms. The topological polar surface area (TPSA) is 59.6 Å². The van der Waals surface area contributed by atoms with Gasteiger partial charge in [0.25, 0.3) is 0 Å². The predicted molar refractivity (Wildman–Crippen MR) is 94.7 cm³/mol. The van der Waals surface area contributed by atoms with Gasteiger partial charge < -0.3 is 15.8 Å². The van der Waals surface area contributed by atoms with Gasteiger partial charge in [-0.2, -0.15) is 0 Å². The van der Waals surface area contributed by atoms with Gasteiger partial charge in [0.05, 0.1) is 0 Å². The van der Waals surface area contributed by atoms with Gasteiger partial charge >= 0.3 is 0 Å². The molecular formula is C15H30IN3O. The molecule has 0 heterocycles. The molecule has 0 aliphatic heterocycles. The number of hydrogen-bond acceptors (Lipinski definition) is 2. The summed E-state index contributed by atoms with van der Waals surface area (Å²) in [5.74, 6) is 0.648. The summed E-state index contributed by atoms with van der Waals surface area (Å²) in [4.78, 5) is 4.56. The van der Waals surface area contributed by atoms with Crippen molar-refractivity contribution in [2.75, 3.05) is 19.8 Å². The number of guanidine groups is 1. The van der Waals surface area contributed by atoms with E-state index in [2.05, 4.69) is 10.3 Å². The fourth-order valence-corrected chi connectivity index (χ4v) is 2.85. The Morgan fingerprint density at radius 3 is 2.60 bits per heavy atom. The predicted octanol–water partition coefficient (Wildman–Crippen LogP) is 3.05. The van der Waals surface area contributed by atoms with E-state index in [1.165, 1.54) is 44.9 Å². The van der Waals surface area contributed by atoms with E-state index in [0.717, 1.165) is 26.2 Å². The summed E-state index contributed by atoms with van der Waals surface area (Å²) in [5.41, 5.74) is 6.40. The zero-order valence-electron chi connectivity index (χ0n) is 12.7. The zero-order chi connectivity index (χ0) is 13.6. The lowest BCUT2D eigenvalue weighted by atomic mass is 9.96. The van der Waals surface area contributed by atoms with Crippen molar-refractivity contribution in [3.63, 3.8) is 0 Å². The van der Waals surface area contributed by atoms with Gasteiger partial charge in [0.15, 0.2) is 5.96 Å². The lowest BCUT2D eigenvalue weighted by Gasteiger charge is -2.23. The van der Waals surface area contributed by atoms with Crippen molar-refractivity contribution in [3.8, 4) is 0 Å². The maximum Gasteiger partial charge on any atom is 0.188 e. The molecule has 2 aliphatic rings. The molecule has 0 radical (unpaired) electrons. The molecule has 0 saturated heterocycles. The highest BCUT2D eigenvalue weighted by Crippen LogP contribution is 2.48. The molecular weight excluding hydrogens is 365 g/mol. The van der Waals surface area contributed by atoms with Crippen molar-refractivity contribution in [3.05, 3.63) is 0 Å². The average molecular weight is 395 g/mol. The molecule has 0 aromatic carbocycles. The zero-order valence-corrected chi connectivity index (χ0v) is 15.0. The summed E-state index contributed by atoms with van der Waals surface area (Å²) in [6.07, 6.45) is 10.2. The standard InChI is InChI=1S/C15H29N3O.HI/c1-2-19-11-10-15(8-9-15)12-17-14(16)18-13-6-4-3-5-7-13;/h13H,2-12H2,1H3,(H3,16,17,18);1H. The van der Waals surface area contributed by atoms with Gasteiger partial charge in [0, 0.05) is 25.8 Å². The van der Waals surface area contributed by atoms with Crippen LogP contribution in [0.2, 0.25) is 0 Å². The normalized spacial score (nSPS) is 22.1. The summed E-state index contributed by atoms with van der Waals surface area (Å²) in [7, 11) is 0. The number of aliphatic imine (C=N–C) groups is 1. The SMILES string of the molecule is CCOCCC1(CN=C(N)NC2CCCCC2)CC1.I. The van der Waals surface area contributed by atoms with Crippen LogP contribution in [-0.2, 0) is 4.74 Å². The molecule has 0 atom stereocenters. The number of halogens is 1. The van der Waals surface area contributed by atoms with E-state index >= 15 is 0 Å². The van der Waals surface area contributed by atoms with Crippen LogP contribution in [0.3, 0.4) is 0 Å². The van der Waals surface area contributed by atoms with Gasteiger partial charge in [-0.05, 0) is 44.4 Å². The number of rotatable bonds is 7. The third-order valence-corrected chi connectivity index (χ3v) is 4.48. The maximum absolute atomic E-state index is 6.00. The number of hydrogen-bond donors (Lipinski definition) is 2. The molecule has 0 unspecified atom stereocenters. The molecule has 0 spiro atoms. The quantitative estimate of drug-likeness (QED) is 0.302. The highest BCUT2D eigenvalue weighted by Gasteiger charge is 2.41. The van der Waals surface area contributed by atoms with Crippen LogP contribution in [0.4, 0.5) is 0 Å². The van der Waals surface area contributed by atoms with Crippen molar-refractivity contribution in [1.29, 1.82) is 0 Å². The second-order valence-corrected chi connectivity index (χ2v) is 6.13. The number of nitrogens with two attached hydrogens (primary N) is 1. The van der Waals surface area contributed by atoms with Crippen LogP contribution < -0.4 is 11.1 Å². The molecule has 2 aliphatic carbocycles. The lowest BCUT2D eigenvalue weighted by Crippen LogP contribution is -2.41. The Bertz CT molecular complexity index is 299. The van der Waals surface area contributed by atoms with E-state index < -0.39 is 0 Å². The molecule has 2 saturated carbocycles. The molecule has 20 heavy (non-hydrogen) atoms. The van der Waals surface area contributed by atoms with Crippen molar-refractivity contribution in [1.82, 2.24) is 5.32 Å². The van der Waals surface area contributed by atoms with E-state index in [1.54, 1.807) is 0 Å². The van der Waals surface area contributed by atoms with Crippen molar-refractivity contribution < 1.29 is 4.74 Å². The van der Waals surface area contributed by atoms with Gasteiger partial charge in [-0.25, -0.2) is 0 Å². The molecule has 0 aromatic heterocycles. The first-order valence-corrected chi connectivity index (χ1v) is 7.88. The second kappa shape index (κ2) is 9.07. The molecule has 0 amide bonds. The fourth-order valence-electron chi connectivity index (χ4n) is 2.85. The maximum atomic E-state index is 6.00. The highest BCUT2D eigenvalue weighted by molar-refractivity contribution is 14.0.